The van der Waals surface area contributed by atoms with Crippen LogP contribution in [0.1, 0.15) is 38.7 Å². The van der Waals surface area contributed by atoms with Crippen molar-refractivity contribution < 1.29 is 9.53 Å². The summed E-state index contributed by atoms with van der Waals surface area (Å²) in [6, 6.07) is 8.57. The lowest BCUT2D eigenvalue weighted by Gasteiger charge is -2.32. The van der Waals surface area contributed by atoms with E-state index < -0.39 is 5.54 Å². The standard InChI is InChI=1S/C17H26N2O2/c1-3-21-16(20)17(2,18)11-7-13-19-12-6-9-14-8-4-5-10-15(14)19/h4-5,8,10H,3,6-7,9,11-13,18H2,1-2H3. The average Bonchev–Trinajstić information content (AvgIpc) is 2.47. The maximum absolute atomic E-state index is 11.8. The lowest BCUT2D eigenvalue weighted by molar-refractivity contribution is -0.149. The number of nitrogens with zero attached hydrogens (tertiary/aromatic N) is 1. The molecule has 0 saturated heterocycles. The molecule has 2 rings (SSSR count). The van der Waals surface area contributed by atoms with Crippen molar-refractivity contribution in [3.63, 3.8) is 0 Å². The van der Waals surface area contributed by atoms with Crippen molar-refractivity contribution in [1.82, 2.24) is 0 Å². The van der Waals surface area contributed by atoms with Gasteiger partial charge in [-0.2, -0.15) is 0 Å². The van der Waals surface area contributed by atoms with Gasteiger partial charge in [0, 0.05) is 18.8 Å². The monoisotopic (exact) mass is 290 g/mol. The van der Waals surface area contributed by atoms with E-state index in [4.69, 9.17) is 10.5 Å². The van der Waals surface area contributed by atoms with E-state index in [-0.39, 0.29) is 5.97 Å². The average molecular weight is 290 g/mol. The molecule has 116 valence electrons. The predicted octanol–water partition coefficient (Wildman–Crippen LogP) is 2.50. The molecule has 4 heteroatoms. The predicted molar refractivity (Wildman–Crippen MR) is 85.4 cm³/mol. The molecule has 0 saturated carbocycles. The summed E-state index contributed by atoms with van der Waals surface area (Å²) in [4.78, 5) is 14.2. The second-order valence-corrected chi connectivity index (χ2v) is 5.96. The molecule has 0 amide bonds. The van der Waals surface area contributed by atoms with Gasteiger partial charge in [-0.15, -0.1) is 0 Å². The molecule has 1 aromatic carbocycles. The highest BCUT2D eigenvalue weighted by Gasteiger charge is 2.29. The Morgan fingerprint density at radius 1 is 1.43 bits per heavy atom. The number of benzene rings is 1. The van der Waals surface area contributed by atoms with Crippen LogP contribution in [0.15, 0.2) is 24.3 Å². The van der Waals surface area contributed by atoms with Crippen LogP contribution in [-0.4, -0.2) is 31.2 Å². The number of carbonyl (C=O) groups excluding carboxylic acids is 1. The summed E-state index contributed by atoms with van der Waals surface area (Å²) in [5.74, 6) is -0.302. The number of para-hydroxylation sites is 1. The zero-order chi connectivity index (χ0) is 15.3. The Morgan fingerprint density at radius 3 is 2.95 bits per heavy atom. The van der Waals surface area contributed by atoms with Crippen LogP contribution in [0.25, 0.3) is 0 Å². The smallest absolute Gasteiger partial charge is 0.325 e. The summed E-state index contributed by atoms with van der Waals surface area (Å²) < 4.78 is 5.03. The van der Waals surface area contributed by atoms with Gasteiger partial charge >= 0.3 is 5.97 Å². The lowest BCUT2D eigenvalue weighted by Crippen LogP contribution is -2.46. The number of hydrogen-bond donors (Lipinski definition) is 1. The molecule has 1 aliphatic heterocycles. The van der Waals surface area contributed by atoms with E-state index in [2.05, 4.69) is 29.2 Å². The van der Waals surface area contributed by atoms with Gasteiger partial charge in [-0.1, -0.05) is 18.2 Å². The molecule has 21 heavy (non-hydrogen) atoms. The number of fused-ring (bicyclic) bond motifs is 1. The topological polar surface area (TPSA) is 55.6 Å². The second kappa shape index (κ2) is 6.94. The third-order valence-corrected chi connectivity index (χ3v) is 4.07. The molecule has 0 spiro atoms. The van der Waals surface area contributed by atoms with Crippen LogP contribution in [0, 0.1) is 0 Å². The minimum Gasteiger partial charge on any atom is -0.465 e. The summed E-state index contributed by atoms with van der Waals surface area (Å²) in [5, 5.41) is 0. The van der Waals surface area contributed by atoms with E-state index in [0.29, 0.717) is 13.0 Å². The summed E-state index contributed by atoms with van der Waals surface area (Å²) in [5.41, 5.74) is 7.93. The van der Waals surface area contributed by atoms with E-state index in [0.717, 1.165) is 25.9 Å². The normalized spacial score (nSPS) is 17.0. The van der Waals surface area contributed by atoms with E-state index in [1.807, 2.05) is 0 Å². The van der Waals surface area contributed by atoms with E-state index >= 15 is 0 Å². The first-order valence-corrected chi connectivity index (χ1v) is 7.83. The fourth-order valence-electron chi connectivity index (χ4n) is 2.88. The summed E-state index contributed by atoms with van der Waals surface area (Å²) in [7, 11) is 0. The minimum absolute atomic E-state index is 0.302. The van der Waals surface area contributed by atoms with Crippen molar-refractivity contribution in [3.8, 4) is 0 Å². The maximum atomic E-state index is 11.8. The summed E-state index contributed by atoms with van der Waals surface area (Å²) in [6.07, 6.45) is 3.88. The molecule has 1 unspecified atom stereocenters. The van der Waals surface area contributed by atoms with Crippen molar-refractivity contribution in [2.45, 2.75) is 45.1 Å². The van der Waals surface area contributed by atoms with Crippen LogP contribution >= 0.6 is 0 Å². The number of nitrogens with two attached hydrogens (primary N) is 1. The number of rotatable bonds is 6. The van der Waals surface area contributed by atoms with E-state index in [9.17, 15) is 4.79 Å². The van der Waals surface area contributed by atoms with Crippen LogP contribution in [0.2, 0.25) is 0 Å². The number of ether oxygens (including phenoxy) is 1. The van der Waals surface area contributed by atoms with Gasteiger partial charge in [-0.25, -0.2) is 0 Å². The van der Waals surface area contributed by atoms with Crippen LogP contribution < -0.4 is 10.6 Å². The molecule has 1 aromatic rings. The maximum Gasteiger partial charge on any atom is 0.325 e. The van der Waals surface area contributed by atoms with Gasteiger partial charge in [-0.3, -0.25) is 4.79 Å². The molecule has 0 bridgehead atoms. The third kappa shape index (κ3) is 3.97. The van der Waals surface area contributed by atoms with Gasteiger partial charge in [-0.05, 0) is 51.2 Å². The molecule has 0 aromatic heterocycles. The van der Waals surface area contributed by atoms with Crippen LogP contribution in [0.3, 0.4) is 0 Å². The van der Waals surface area contributed by atoms with E-state index in [1.165, 1.54) is 17.7 Å². The quantitative estimate of drug-likeness (QED) is 0.818. The molecule has 0 aliphatic carbocycles. The van der Waals surface area contributed by atoms with Gasteiger partial charge in [0.1, 0.15) is 5.54 Å². The number of anilines is 1. The number of hydrogen-bond acceptors (Lipinski definition) is 4. The first-order valence-electron chi connectivity index (χ1n) is 7.83. The molecule has 2 N–H and O–H groups in total. The first kappa shape index (κ1) is 15.8. The fourth-order valence-corrected chi connectivity index (χ4v) is 2.88. The van der Waals surface area contributed by atoms with Gasteiger partial charge in [0.05, 0.1) is 6.61 Å². The molecule has 0 fully saturated rings. The Labute approximate surface area is 127 Å². The van der Waals surface area contributed by atoms with Crippen molar-refractivity contribution in [1.29, 1.82) is 0 Å². The summed E-state index contributed by atoms with van der Waals surface area (Å²) >= 11 is 0. The zero-order valence-electron chi connectivity index (χ0n) is 13.1. The molecular weight excluding hydrogens is 264 g/mol. The Hall–Kier alpha value is -1.55. The van der Waals surface area contributed by atoms with Gasteiger partial charge in [0.15, 0.2) is 0 Å². The largest absolute Gasteiger partial charge is 0.465 e. The Morgan fingerprint density at radius 2 is 2.19 bits per heavy atom. The molecule has 4 nitrogen and oxygen atoms in total. The van der Waals surface area contributed by atoms with Crippen molar-refractivity contribution in [2.75, 3.05) is 24.6 Å². The molecule has 1 aliphatic rings. The third-order valence-electron chi connectivity index (χ3n) is 4.07. The SMILES string of the molecule is CCOC(=O)C(C)(N)CCCN1CCCc2ccccc21. The number of carbonyl (C=O) groups is 1. The fraction of sp³-hybridized carbons (Fsp3) is 0.588. The van der Waals surface area contributed by atoms with Crippen molar-refractivity contribution >= 4 is 11.7 Å². The summed E-state index contributed by atoms with van der Waals surface area (Å²) in [6.45, 7) is 5.96. The molecule has 1 atom stereocenters. The van der Waals surface area contributed by atoms with Gasteiger partial charge in [0.2, 0.25) is 0 Å². The Balaban J connectivity index is 1.88. The van der Waals surface area contributed by atoms with Gasteiger partial charge in [0.25, 0.3) is 0 Å². The van der Waals surface area contributed by atoms with Crippen molar-refractivity contribution in [2.24, 2.45) is 5.73 Å². The molecule has 1 heterocycles. The van der Waals surface area contributed by atoms with Crippen LogP contribution in [-0.2, 0) is 16.0 Å². The number of aryl methyl sites for hydroxylation is 1. The van der Waals surface area contributed by atoms with Crippen molar-refractivity contribution in [3.05, 3.63) is 29.8 Å². The highest BCUT2D eigenvalue weighted by atomic mass is 16.5. The van der Waals surface area contributed by atoms with E-state index in [1.54, 1.807) is 13.8 Å². The lowest BCUT2D eigenvalue weighted by atomic mass is 9.96. The van der Waals surface area contributed by atoms with Gasteiger partial charge < -0.3 is 15.4 Å². The Kier molecular flexibility index (Phi) is 5.23. The second-order valence-electron chi connectivity index (χ2n) is 5.96. The highest BCUT2D eigenvalue weighted by molar-refractivity contribution is 5.79. The van der Waals surface area contributed by atoms with Crippen LogP contribution in [0.4, 0.5) is 5.69 Å². The first-order chi connectivity index (χ1) is 10.0. The Bertz CT molecular complexity index is 485. The minimum atomic E-state index is -0.884. The molecule has 0 radical (unpaired) electrons. The zero-order valence-corrected chi connectivity index (χ0v) is 13.1. The number of esters is 1. The van der Waals surface area contributed by atoms with Crippen LogP contribution in [0.5, 0.6) is 0 Å². The molecular formula is C17H26N2O2. The highest BCUT2D eigenvalue weighted by Crippen LogP contribution is 2.27.